The Morgan fingerprint density at radius 3 is 2.91 bits per heavy atom. The first kappa shape index (κ1) is 15.2. The van der Waals surface area contributed by atoms with Gasteiger partial charge in [0.05, 0.1) is 4.88 Å². The summed E-state index contributed by atoms with van der Waals surface area (Å²) in [5, 5.41) is 18.7. The highest BCUT2D eigenvalue weighted by Crippen LogP contribution is 2.32. The third-order valence-electron chi connectivity index (χ3n) is 3.64. The molecule has 2 N–H and O–H groups in total. The molecule has 1 aliphatic heterocycles. The van der Waals surface area contributed by atoms with Crippen molar-refractivity contribution in [2.75, 3.05) is 13.2 Å². The fourth-order valence-corrected chi connectivity index (χ4v) is 3.20. The molecular formula is C15H18N2O4S. The second-order valence-corrected chi connectivity index (χ2v) is 6.23. The Labute approximate surface area is 132 Å². The summed E-state index contributed by atoms with van der Waals surface area (Å²) in [4.78, 5) is 13.5. The van der Waals surface area contributed by atoms with Crippen LogP contribution in [0.4, 0.5) is 0 Å². The number of amides is 1. The number of carbonyl (C=O) groups excluding carboxylic acids is 1. The minimum absolute atomic E-state index is 0.0779. The topological polar surface area (TPSA) is 84.6 Å². The zero-order valence-corrected chi connectivity index (χ0v) is 13.1. The van der Waals surface area contributed by atoms with Crippen LogP contribution in [0.25, 0.3) is 10.6 Å². The van der Waals surface area contributed by atoms with Crippen molar-refractivity contribution in [2.45, 2.75) is 31.9 Å². The largest absolute Gasteiger partial charge is 0.385 e. The molecule has 1 aliphatic rings. The molecule has 2 aromatic rings. The molecule has 0 aliphatic carbocycles. The van der Waals surface area contributed by atoms with E-state index in [2.05, 4.69) is 10.5 Å². The van der Waals surface area contributed by atoms with Crippen LogP contribution >= 0.6 is 11.3 Å². The second kappa shape index (κ2) is 6.60. The van der Waals surface area contributed by atoms with E-state index in [9.17, 15) is 9.90 Å². The summed E-state index contributed by atoms with van der Waals surface area (Å²) in [7, 11) is 0. The summed E-state index contributed by atoms with van der Waals surface area (Å²) in [5.41, 5.74) is 0.805. The number of rotatable bonds is 4. The van der Waals surface area contributed by atoms with Crippen LogP contribution in [0.1, 0.15) is 42.0 Å². The van der Waals surface area contributed by atoms with Crippen LogP contribution in [0.5, 0.6) is 0 Å². The van der Waals surface area contributed by atoms with Gasteiger partial charge in [-0.15, -0.1) is 11.3 Å². The van der Waals surface area contributed by atoms with Gasteiger partial charge in [0.1, 0.15) is 17.4 Å². The van der Waals surface area contributed by atoms with Crippen molar-refractivity contribution in [3.63, 3.8) is 0 Å². The number of hydrogen-bond donors (Lipinski definition) is 2. The molecular weight excluding hydrogens is 304 g/mol. The molecule has 22 heavy (non-hydrogen) atoms. The minimum atomic E-state index is -0.892. The second-order valence-electron chi connectivity index (χ2n) is 5.28. The molecule has 1 amide bonds. The zero-order chi connectivity index (χ0) is 15.5. The Kier molecular flexibility index (Phi) is 4.56. The molecule has 0 saturated carbocycles. The van der Waals surface area contributed by atoms with Crippen LogP contribution in [0.2, 0.25) is 0 Å². The van der Waals surface area contributed by atoms with Crippen molar-refractivity contribution in [1.82, 2.24) is 10.5 Å². The molecule has 1 atom stereocenters. The van der Waals surface area contributed by atoms with Crippen LogP contribution < -0.4 is 5.32 Å². The minimum Gasteiger partial charge on any atom is -0.385 e. The van der Waals surface area contributed by atoms with Crippen molar-refractivity contribution in [1.29, 1.82) is 0 Å². The molecule has 0 radical (unpaired) electrons. The van der Waals surface area contributed by atoms with Gasteiger partial charge >= 0.3 is 0 Å². The van der Waals surface area contributed by atoms with E-state index in [4.69, 9.17) is 9.26 Å². The Balaban J connectivity index is 1.89. The summed E-state index contributed by atoms with van der Waals surface area (Å²) in [6.07, 6.45) is 0.682. The van der Waals surface area contributed by atoms with Gasteiger partial charge in [0.2, 0.25) is 0 Å². The Bertz CT molecular complexity index is 630. The van der Waals surface area contributed by atoms with E-state index < -0.39 is 6.10 Å². The Morgan fingerprint density at radius 1 is 1.50 bits per heavy atom. The summed E-state index contributed by atoms with van der Waals surface area (Å²) in [5.74, 6) is -0.0552. The van der Waals surface area contributed by atoms with Crippen molar-refractivity contribution in [2.24, 2.45) is 0 Å². The summed E-state index contributed by atoms with van der Waals surface area (Å²) >= 11 is 1.47. The van der Waals surface area contributed by atoms with E-state index in [1.165, 1.54) is 11.3 Å². The molecule has 0 bridgehead atoms. The first-order valence-corrected chi connectivity index (χ1v) is 8.15. The lowest BCUT2D eigenvalue weighted by atomic mass is 10.1. The molecule has 3 rings (SSSR count). The molecule has 1 saturated heterocycles. The normalized spacial score (nSPS) is 17.4. The number of carbonyl (C=O) groups is 1. The number of nitrogens with zero attached hydrogens (tertiary/aromatic N) is 1. The lowest BCUT2D eigenvalue weighted by Crippen LogP contribution is -2.39. The standard InChI is InChI=1S/C15H18N2O4S/c1-9(18)14-12(13(17-21-14)11-3-2-8-22-11)15(19)16-10-4-6-20-7-5-10/h2-3,8-10,18H,4-7H2,1H3,(H,16,19)/t9-/m0/s1. The predicted molar refractivity (Wildman–Crippen MR) is 81.8 cm³/mol. The van der Waals surface area contributed by atoms with Crippen LogP contribution in [0, 0.1) is 0 Å². The van der Waals surface area contributed by atoms with Crippen molar-refractivity contribution < 1.29 is 19.2 Å². The van der Waals surface area contributed by atoms with E-state index in [-0.39, 0.29) is 17.7 Å². The molecule has 118 valence electrons. The summed E-state index contributed by atoms with van der Waals surface area (Å²) < 4.78 is 10.5. The maximum atomic E-state index is 12.7. The fourth-order valence-electron chi connectivity index (χ4n) is 2.49. The zero-order valence-electron chi connectivity index (χ0n) is 12.2. The lowest BCUT2D eigenvalue weighted by Gasteiger charge is -2.23. The molecule has 2 aromatic heterocycles. The smallest absolute Gasteiger partial charge is 0.257 e. The van der Waals surface area contributed by atoms with E-state index in [0.717, 1.165) is 17.7 Å². The van der Waals surface area contributed by atoms with E-state index in [0.29, 0.717) is 24.5 Å². The number of thiophene rings is 1. The quantitative estimate of drug-likeness (QED) is 0.902. The number of aromatic nitrogens is 1. The third kappa shape index (κ3) is 3.06. The molecule has 6 nitrogen and oxygen atoms in total. The van der Waals surface area contributed by atoms with Gasteiger partial charge in [0, 0.05) is 19.3 Å². The van der Waals surface area contributed by atoms with Crippen LogP contribution in [0.3, 0.4) is 0 Å². The number of ether oxygens (including phenoxy) is 1. The van der Waals surface area contributed by atoms with Gasteiger partial charge < -0.3 is 19.7 Å². The highest BCUT2D eigenvalue weighted by Gasteiger charge is 2.28. The average molecular weight is 322 g/mol. The molecule has 0 aromatic carbocycles. The average Bonchev–Trinajstić information content (AvgIpc) is 3.17. The predicted octanol–water partition coefficient (Wildman–Crippen LogP) is 2.37. The Morgan fingerprint density at radius 2 is 2.27 bits per heavy atom. The maximum Gasteiger partial charge on any atom is 0.257 e. The third-order valence-corrected chi connectivity index (χ3v) is 4.51. The molecule has 0 unspecified atom stereocenters. The lowest BCUT2D eigenvalue weighted by molar-refractivity contribution is 0.0692. The van der Waals surface area contributed by atoms with Crippen molar-refractivity contribution in [3.8, 4) is 10.6 Å². The number of hydrogen-bond acceptors (Lipinski definition) is 6. The summed E-state index contributed by atoms with van der Waals surface area (Å²) in [6, 6.07) is 3.84. The van der Waals surface area contributed by atoms with Gasteiger partial charge in [-0.05, 0) is 31.2 Å². The number of aliphatic hydroxyl groups is 1. The first-order chi connectivity index (χ1) is 10.7. The van der Waals surface area contributed by atoms with Gasteiger partial charge in [-0.25, -0.2) is 0 Å². The molecule has 0 spiro atoms. The van der Waals surface area contributed by atoms with Crippen LogP contribution in [-0.2, 0) is 4.74 Å². The first-order valence-electron chi connectivity index (χ1n) is 7.27. The van der Waals surface area contributed by atoms with Gasteiger partial charge in [0.25, 0.3) is 5.91 Å². The van der Waals surface area contributed by atoms with E-state index >= 15 is 0 Å². The van der Waals surface area contributed by atoms with E-state index in [1.807, 2.05) is 17.5 Å². The highest BCUT2D eigenvalue weighted by molar-refractivity contribution is 7.13. The van der Waals surface area contributed by atoms with Gasteiger partial charge in [0.15, 0.2) is 5.76 Å². The SMILES string of the molecule is C[C@H](O)c1onc(-c2cccs2)c1C(=O)NC1CCOCC1. The molecule has 1 fully saturated rings. The van der Waals surface area contributed by atoms with Crippen LogP contribution in [-0.4, -0.2) is 35.4 Å². The van der Waals surface area contributed by atoms with Crippen molar-refractivity contribution >= 4 is 17.2 Å². The van der Waals surface area contributed by atoms with Gasteiger partial charge in [-0.2, -0.15) is 0 Å². The Hall–Kier alpha value is -1.70. The summed E-state index contributed by atoms with van der Waals surface area (Å²) in [6.45, 7) is 2.86. The monoisotopic (exact) mass is 322 g/mol. The van der Waals surface area contributed by atoms with Crippen LogP contribution in [0.15, 0.2) is 22.0 Å². The van der Waals surface area contributed by atoms with Gasteiger partial charge in [-0.3, -0.25) is 4.79 Å². The maximum absolute atomic E-state index is 12.7. The van der Waals surface area contributed by atoms with E-state index in [1.54, 1.807) is 6.92 Å². The highest BCUT2D eigenvalue weighted by atomic mass is 32.1. The number of aliphatic hydroxyl groups excluding tert-OH is 1. The molecule has 3 heterocycles. The number of nitrogens with one attached hydrogen (secondary N) is 1. The van der Waals surface area contributed by atoms with Crippen molar-refractivity contribution in [3.05, 3.63) is 28.8 Å². The fraction of sp³-hybridized carbons (Fsp3) is 0.467. The molecule has 7 heteroatoms. The van der Waals surface area contributed by atoms with Gasteiger partial charge in [-0.1, -0.05) is 11.2 Å².